The Morgan fingerprint density at radius 2 is 1.87 bits per heavy atom. The molecule has 4 nitrogen and oxygen atoms in total. The number of benzene rings is 1. The van der Waals surface area contributed by atoms with E-state index in [1.54, 1.807) is 0 Å². The van der Waals surface area contributed by atoms with Crippen LogP contribution in [0.1, 0.15) is 46.1 Å². The summed E-state index contributed by atoms with van der Waals surface area (Å²) < 4.78 is 0. The van der Waals surface area contributed by atoms with Gasteiger partial charge in [-0.05, 0) is 69.7 Å². The van der Waals surface area contributed by atoms with E-state index < -0.39 is 0 Å². The van der Waals surface area contributed by atoms with E-state index in [2.05, 4.69) is 49.4 Å². The van der Waals surface area contributed by atoms with Crippen molar-refractivity contribution in [3.05, 3.63) is 36.0 Å². The van der Waals surface area contributed by atoms with Crippen molar-refractivity contribution in [1.29, 1.82) is 0 Å². The van der Waals surface area contributed by atoms with Gasteiger partial charge in [-0.3, -0.25) is 4.79 Å². The second-order valence-corrected chi connectivity index (χ2v) is 8.14. The van der Waals surface area contributed by atoms with E-state index in [0.717, 1.165) is 29.3 Å². The number of aromatic nitrogens is 1. The molecule has 2 heterocycles. The number of carbonyl (C=O) groups excluding carboxylic acids is 1. The van der Waals surface area contributed by atoms with Crippen LogP contribution in [0.3, 0.4) is 0 Å². The fourth-order valence-electron chi connectivity index (χ4n) is 4.10. The molecule has 1 amide bonds. The minimum Gasteiger partial charge on any atom is -0.361 e. The van der Waals surface area contributed by atoms with Gasteiger partial charge >= 0.3 is 0 Å². The number of fused-ring (bicyclic) bond motifs is 1. The summed E-state index contributed by atoms with van der Waals surface area (Å²) in [5.74, 6) is 0.110. The van der Waals surface area contributed by atoms with Crippen LogP contribution in [-0.4, -0.2) is 28.0 Å². The minimum atomic E-state index is 0.0454. The summed E-state index contributed by atoms with van der Waals surface area (Å²) in [5, 5.41) is 8.03. The van der Waals surface area contributed by atoms with Crippen LogP contribution in [0.2, 0.25) is 0 Å². The number of hydrogen-bond donors (Lipinski definition) is 3. The Morgan fingerprint density at radius 3 is 2.57 bits per heavy atom. The molecule has 0 spiro atoms. The largest absolute Gasteiger partial charge is 0.361 e. The van der Waals surface area contributed by atoms with Crippen LogP contribution in [0.5, 0.6) is 0 Å². The molecule has 1 saturated heterocycles. The predicted molar refractivity (Wildman–Crippen MR) is 94.5 cm³/mol. The molecular formula is C19H27N3O. The zero-order valence-electron chi connectivity index (χ0n) is 14.5. The van der Waals surface area contributed by atoms with E-state index in [0.29, 0.717) is 6.42 Å². The number of carbonyl (C=O) groups is 1. The molecule has 1 aliphatic heterocycles. The lowest BCUT2D eigenvalue weighted by Crippen LogP contribution is -2.62. The van der Waals surface area contributed by atoms with E-state index in [4.69, 9.17) is 0 Å². The molecule has 1 aromatic carbocycles. The standard InChI is InChI=1S/C19H27N3O/c1-18(2)11-15(12-19(3,4)22-18)21-17(23)10-13-5-6-16-14(9-13)7-8-20-16/h5-9,15,20,22H,10-12H2,1-4H3,(H,21,23). The molecule has 3 rings (SSSR count). The molecule has 2 aromatic rings. The quantitative estimate of drug-likeness (QED) is 0.815. The molecule has 124 valence electrons. The lowest BCUT2D eigenvalue weighted by molar-refractivity contribution is -0.121. The first-order valence-electron chi connectivity index (χ1n) is 8.37. The summed E-state index contributed by atoms with van der Waals surface area (Å²) in [7, 11) is 0. The van der Waals surface area contributed by atoms with Crippen molar-refractivity contribution in [3.63, 3.8) is 0 Å². The zero-order chi connectivity index (χ0) is 16.7. The van der Waals surface area contributed by atoms with E-state index in [9.17, 15) is 4.79 Å². The SMILES string of the molecule is CC1(C)CC(NC(=O)Cc2ccc3[nH]ccc3c2)CC(C)(C)N1. The topological polar surface area (TPSA) is 56.9 Å². The van der Waals surface area contributed by atoms with Crippen molar-refractivity contribution in [2.75, 3.05) is 0 Å². The highest BCUT2D eigenvalue weighted by Gasteiger charge is 2.38. The summed E-state index contributed by atoms with van der Waals surface area (Å²) in [4.78, 5) is 15.6. The highest BCUT2D eigenvalue weighted by Crippen LogP contribution is 2.28. The molecule has 1 aromatic heterocycles. The maximum absolute atomic E-state index is 12.4. The Morgan fingerprint density at radius 1 is 1.17 bits per heavy atom. The third-order valence-electron chi connectivity index (χ3n) is 4.54. The highest BCUT2D eigenvalue weighted by atomic mass is 16.1. The van der Waals surface area contributed by atoms with Crippen molar-refractivity contribution in [1.82, 2.24) is 15.6 Å². The molecular weight excluding hydrogens is 286 g/mol. The first kappa shape index (κ1) is 16.1. The summed E-state index contributed by atoms with van der Waals surface area (Å²) >= 11 is 0. The summed E-state index contributed by atoms with van der Waals surface area (Å²) in [6, 6.07) is 8.41. The van der Waals surface area contributed by atoms with E-state index in [-0.39, 0.29) is 23.0 Å². The van der Waals surface area contributed by atoms with Gasteiger partial charge in [0.15, 0.2) is 0 Å². The highest BCUT2D eigenvalue weighted by molar-refractivity contribution is 5.83. The molecule has 23 heavy (non-hydrogen) atoms. The van der Waals surface area contributed by atoms with Crippen molar-refractivity contribution in [2.45, 2.75) is 64.1 Å². The Balaban J connectivity index is 1.64. The second-order valence-electron chi connectivity index (χ2n) is 8.14. The van der Waals surface area contributed by atoms with Crippen LogP contribution < -0.4 is 10.6 Å². The van der Waals surface area contributed by atoms with E-state index in [1.807, 2.05) is 24.4 Å². The normalized spacial score (nSPS) is 20.5. The molecule has 1 fully saturated rings. The zero-order valence-corrected chi connectivity index (χ0v) is 14.5. The van der Waals surface area contributed by atoms with Crippen LogP contribution in [0.25, 0.3) is 10.9 Å². The first-order valence-corrected chi connectivity index (χ1v) is 8.37. The maximum Gasteiger partial charge on any atom is 0.224 e. The van der Waals surface area contributed by atoms with Gasteiger partial charge in [-0.15, -0.1) is 0 Å². The van der Waals surface area contributed by atoms with Crippen molar-refractivity contribution >= 4 is 16.8 Å². The third-order valence-corrected chi connectivity index (χ3v) is 4.54. The van der Waals surface area contributed by atoms with Crippen molar-refractivity contribution in [3.8, 4) is 0 Å². The molecule has 0 bridgehead atoms. The van der Waals surface area contributed by atoms with Crippen molar-refractivity contribution < 1.29 is 4.79 Å². The third kappa shape index (κ3) is 3.94. The fourth-order valence-corrected chi connectivity index (χ4v) is 4.10. The van der Waals surface area contributed by atoms with Gasteiger partial charge in [0.2, 0.25) is 5.91 Å². The summed E-state index contributed by atoms with van der Waals surface area (Å²) in [6.07, 6.45) is 4.28. The van der Waals surface area contributed by atoms with Gasteiger partial charge in [-0.2, -0.15) is 0 Å². The van der Waals surface area contributed by atoms with Crippen LogP contribution in [0.4, 0.5) is 0 Å². The Bertz CT molecular complexity index is 698. The number of piperidine rings is 1. The molecule has 3 N–H and O–H groups in total. The first-order chi connectivity index (χ1) is 10.7. The molecule has 4 heteroatoms. The number of rotatable bonds is 3. The van der Waals surface area contributed by atoms with Gasteiger partial charge in [0.1, 0.15) is 0 Å². The molecule has 0 unspecified atom stereocenters. The van der Waals surface area contributed by atoms with E-state index >= 15 is 0 Å². The average Bonchev–Trinajstić information content (AvgIpc) is 2.81. The predicted octanol–water partition coefficient (Wildman–Crippen LogP) is 3.14. The van der Waals surface area contributed by atoms with Crippen LogP contribution in [-0.2, 0) is 11.2 Å². The van der Waals surface area contributed by atoms with E-state index in [1.165, 1.54) is 0 Å². The Labute approximate surface area is 138 Å². The lowest BCUT2D eigenvalue weighted by atomic mass is 9.79. The summed E-state index contributed by atoms with van der Waals surface area (Å²) in [5.41, 5.74) is 2.26. The number of H-pyrrole nitrogens is 1. The smallest absolute Gasteiger partial charge is 0.224 e. The second kappa shape index (κ2) is 5.68. The van der Waals surface area contributed by atoms with Gasteiger partial charge in [0, 0.05) is 28.8 Å². The Hall–Kier alpha value is -1.81. The van der Waals surface area contributed by atoms with Gasteiger partial charge in [0.25, 0.3) is 0 Å². The van der Waals surface area contributed by atoms with Crippen LogP contribution in [0.15, 0.2) is 30.5 Å². The molecule has 0 aliphatic carbocycles. The number of nitrogens with one attached hydrogen (secondary N) is 3. The molecule has 1 aliphatic rings. The number of hydrogen-bond acceptors (Lipinski definition) is 2. The maximum atomic E-state index is 12.4. The van der Waals surface area contributed by atoms with Crippen LogP contribution in [0, 0.1) is 0 Å². The monoisotopic (exact) mass is 313 g/mol. The van der Waals surface area contributed by atoms with Gasteiger partial charge < -0.3 is 15.6 Å². The molecule has 0 saturated carbocycles. The molecule has 0 radical (unpaired) electrons. The molecule has 0 atom stereocenters. The fraction of sp³-hybridized carbons (Fsp3) is 0.526. The van der Waals surface area contributed by atoms with Crippen molar-refractivity contribution in [2.24, 2.45) is 0 Å². The van der Waals surface area contributed by atoms with Gasteiger partial charge in [0.05, 0.1) is 6.42 Å². The average molecular weight is 313 g/mol. The summed E-state index contributed by atoms with van der Waals surface area (Å²) in [6.45, 7) is 8.81. The van der Waals surface area contributed by atoms with Gasteiger partial charge in [-0.25, -0.2) is 0 Å². The minimum absolute atomic E-state index is 0.0454. The number of aromatic amines is 1. The van der Waals surface area contributed by atoms with Crippen LogP contribution >= 0.6 is 0 Å². The Kier molecular flexibility index (Phi) is 3.96. The number of amides is 1. The lowest BCUT2D eigenvalue weighted by Gasteiger charge is -2.46. The van der Waals surface area contributed by atoms with Gasteiger partial charge in [-0.1, -0.05) is 6.07 Å².